The second-order valence-corrected chi connectivity index (χ2v) is 2.75. The Hall–Kier alpha value is -0.380. The molecule has 2 N–H and O–H groups in total. The molecule has 0 aromatic heterocycles. The molecule has 0 aromatic rings. The quantitative estimate of drug-likeness (QED) is 0.553. The van der Waals surface area contributed by atoms with E-state index in [9.17, 15) is 0 Å². The van der Waals surface area contributed by atoms with Crippen LogP contribution in [0.25, 0.3) is 0 Å². The summed E-state index contributed by atoms with van der Waals surface area (Å²) in [6.07, 6.45) is 3.27. The molecule has 1 atom stereocenters. The largest absolute Gasteiger partial charge is 0.395 e. The van der Waals surface area contributed by atoms with Gasteiger partial charge in [0.2, 0.25) is 0 Å². The molecule has 0 aliphatic carbocycles. The average molecular weight is 156 g/mol. The fourth-order valence-corrected chi connectivity index (χ4v) is 1.45. The number of nitrogens with zero attached hydrogens (tertiary/aromatic N) is 1. The minimum absolute atomic E-state index is 0.245. The second-order valence-electron chi connectivity index (χ2n) is 2.75. The fraction of sp³-hybridized carbons (Fsp3) is 0.750. The maximum absolute atomic E-state index is 8.72. The summed E-state index contributed by atoms with van der Waals surface area (Å²) in [4.78, 5) is 2.24. The number of rotatable bonds is 4. The van der Waals surface area contributed by atoms with E-state index < -0.39 is 0 Å². The van der Waals surface area contributed by atoms with Gasteiger partial charge in [-0.15, -0.1) is 6.58 Å². The van der Waals surface area contributed by atoms with Gasteiger partial charge in [0.05, 0.1) is 12.8 Å². The minimum Gasteiger partial charge on any atom is -0.395 e. The lowest BCUT2D eigenvalue weighted by molar-refractivity contribution is 0.179. The molecule has 1 unspecified atom stereocenters. The number of aliphatic hydroxyl groups excluding tert-OH is 1. The van der Waals surface area contributed by atoms with Crippen LogP contribution in [-0.4, -0.2) is 42.4 Å². The molecular formula is C8H16N2O. The third kappa shape index (κ3) is 2.29. The Kier molecular flexibility index (Phi) is 3.56. The summed E-state index contributed by atoms with van der Waals surface area (Å²) in [5.41, 5.74) is 0. The smallest absolute Gasteiger partial charge is 0.0634 e. The first-order chi connectivity index (χ1) is 5.38. The molecule has 3 heteroatoms. The highest BCUT2D eigenvalue weighted by atomic mass is 16.3. The van der Waals surface area contributed by atoms with Crippen molar-refractivity contribution in [2.45, 2.75) is 12.6 Å². The summed E-state index contributed by atoms with van der Waals surface area (Å²) in [6, 6.07) is 0. The van der Waals surface area contributed by atoms with Gasteiger partial charge < -0.3 is 10.4 Å². The van der Waals surface area contributed by atoms with Crippen LogP contribution in [0.3, 0.4) is 0 Å². The van der Waals surface area contributed by atoms with Gasteiger partial charge in [-0.1, -0.05) is 6.08 Å². The molecular weight excluding hydrogens is 140 g/mol. The maximum Gasteiger partial charge on any atom is 0.0634 e. The summed E-state index contributed by atoms with van der Waals surface area (Å²) in [6.45, 7) is 6.77. The number of hydrogen-bond donors (Lipinski definition) is 2. The first kappa shape index (κ1) is 8.71. The van der Waals surface area contributed by atoms with E-state index in [4.69, 9.17) is 5.11 Å². The lowest BCUT2D eigenvalue weighted by Crippen LogP contribution is -2.36. The van der Waals surface area contributed by atoms with Crippen molar-refractivity contribution in [2.75, 3.05) is 26.2 Å². The van der Waals surface area contributed by atoms with Crippen LogP contribution in [0.15, 0.2) is 12.7 Å². The van der Waals surface area contributed by atoms with Crippen molar-refractivity contribution in [3.8, 4) is 0 Å². The normalized spacial score (nSPS) is 25.7. The lowest BCUT2D eigenvalue weighted by Gasteiger charge is -2.21. The van der Waals surface area contributed by atoms with E-state index in [-0.39, 0.29) is 6.61 Å². The van der Waals surface area contributed by atoms with Crippen LogP contribution >= 0.6 is 0 Å². The van der Waals surface area contributed by atoms with Gasteiger partial charge in [-0.2, -0.15) is 0 Å². The summed E-state index contributed by atoms with van der Waals surface area (Å²) in [5, 5.41) is 12.1. The Labute approximate surface area is 67.7 Å². The van der Waals surface area contributed by atoms with Crippen LogP contribution in [0.4, 0.5) is 0 Å². The first-order valence-electron chi connectivity index (χ1n) is 4.07. The highest BCUT2D eigenvalue weighted by molar-refractivity contribution is 4.83. The average Bonchev–Trinajstić information content (AvgIpc) is 2.39. The predicted molar refractivity (Wildman–Crippen MR) is 45.3 cm³/mol. The molecule has 64 valence electrons. The van der Waals surface area contributed by atoms with Crippen molar-refractivity contribution in [1.29, 1.82) is 0 Å². The van der Waals surface area contributed by atoms with Gasteiger partial charge in [0.1, 0.15) is 0 Å². The Balaban J connectivity index is 2.31. The molecule has 1 aliphatic heterocycles. The summed E-state index contributed by atoms with van der Waals surface area (Å²) >= 11 is 0. The van der Waals surface area contributed by atoms with Crippen molar-refractivity contribution in [1.82, 2.24) is 10.2 Å². The van der Waals surface area contributed by atoms with Crippen molar-refractivity contribution in [3.63, 3.8) is 0 Å². The van der Waals surface area contributed by atoms with Crippen LogP contribution in [0.5, 0.6) is 0 Å². The van der Waals surface area contributed by atoms with E-state index in [0.717, 1.165) is 26.1 Å². The molecule has 0 amide bonds. The SMILES string of the molecule is C=CCC1NCCN1CCO. The van der Waals surface area contributed by atoms with Crippen molar-refractivity contribution >= 4 is 0 Å². The molecule has 0 spiro atoms. The van der Waals surface area contributed by atoms with E-state index in [0.29, 0.717) is 6.17 Å². The van der Waals surface area contributed by atoms with Crippen LogP contribution in [0, 0.1) is 0 Å². The topological polar surface area (TPSA) is 35.5 Å². The third-order valence-corrected chi connectivity index (χ3v) is 2.00. The minimum atomic E-state index is 0.245. The van der Waals surface area contributed by atoms with Gasteiger partial charge >= 0.3 is 0 Å². The van der Waals surface area contributed by atoms with E-state index in [1.165, 1.54) is 0 Å². The molecule has 1 saturated heterocycles. The molecule has 0 bridgehead atoms. The van der Waals surface area contributed by atoms with Crippen LogP contribution < -0.4 is 5.32 Å². The predicted octanol–water partition coefficient (Wildman–Crippen LogP) is -0.214. The lowest BCUT2D eigenvalue weighted by atomic mass is 10.3. The van der Waals surface area contributed by atoms with Gasteiger partial charge in [0, 0.05) is 19.6 Å². The fourth-order valence-electron chi connectivity index (χ4n) is 1.45. The highest BCUT2D eigenvalue weighted by Gasteiger charge is 2.21. The van der Waals surface area contributed by atoms with E-state index in [2.05, 4.69) is 16.8 Å². The Morgan fingerprint density at radius 1 is 1.73 bits per heavy atom. The highest BCUT2D eigenvalue weighted by Crippen LogP contribution is 2.06. The summed E-state index contributed by atoms with van der Waals surface area (Å²) in [5.74, 6) is 0. The Morgan fingerprint density at radius 2 is 2.55 bits per heavy atom. The number of β-amino-alcohol motifs (C(OH)–C–C–N with tert-alkyl or cyclic N) is 1. The molecule has 0 aromatic carbocycles. The Bertz CT molecular complexity index is 127. The summed E-state index contributed by atoms with van der Waals surface area (Å²) in [7, 11) is 0. The summed E-state index contributed by atoms with van der Waals surface area (Å²) < 4.78 is 0. The van der Waals surface area contributed by atoms with Crippen LogP contribution in [-0.2, 0) is 0 Å². The van der Waals surface area contributed by atoms with E-state index in [1.807, 2.05) is 6.08 Å². The monoisotopic (exact) mass is 156 g/mol. The number of hydrogen-bond acceptors (Lipinski definition) is 3. The molecule has 1 heterocycles. The van der Waals surface area contributed by atoms with Crippen LogP contribution in [0.1, 0.15) is 6.42 Å². The number of nitrogens with one attached hydrogen (secondary N) is 1. The maximum atomic E-state index is 8.72. The van der Waals surface area contributed by atoms with Gasteiger partial charge in [-0.3, -0.25) is 4.90 Å². The molecule has 0 saturated carbocycles. The van der Waals surface area contributed by atoms with E-state index in [1.54, 1.807) is 0 Å². The standard InChI is InChI=1S/C8H16N2O/c1-2-3-8-9-4-5-10(8)6-7-11/h2,8-9,11H,1,3-7H2. The Morgan fingerprint density at radius 3 is 3.18 bits per heavy atom. The second kappa shape index (κ2) is 4.49. The molecule has 0 radical (unpaired) electrons. The molecule has 3 nitrogen and oxygen atoms in total. The van der Waals surface area contributed by atoms with Gasteiger partial charge in [-0.05, 0) is 6.42 Å². The zero-order chi connectivity index (χ0) is 8.10. The van der Waals surface area contributed by atoms with Gasteiger partial charge in [-0.25, -0.2) is 0 Å². The molecule has 1 rings (SSSR count). The molecule has 1 aliphatic rings. The van der Waals surface area contributed by atoms with Crippen LogP contribution in [0.2, 0.25) is 0 Å². The molecule has 1 fully saturated rings. The third-order valence-electron chi connectivity index (χ3n) is 2.00. The van der Waals surface area contributed by atoms with Crippen molar-refractivity contribution in [3.05, 3.63) is 12.7 Å². The van der Waals surface area contributed by atoms with Gasteiger partial charge in [0.25, 0.3) is 0 Å². The van der Waals surface area contributed by atoms with Gasteiger partial charge in [0.15, 0.2) is 0 Å². The van der Waals surface area contributed by atoms with E-state index >= 15 is 0 Å². The van der Waals surface area contributed by atoms with Crippen molar-refractivity contribution in [2.24, 2.45) is 0 Å². The zero-order valence-corrected chi connectivity index (χ0v) is 6.79. The number of aliphatic hydroxyl groups is 1. The molecule has 11 heavy (non-hydrogen) atoms. The first-order valence-corrected chi connectivity index (χ1v) is 4.07. The zero-order valence-electron chi connectivity index (χ0n) is 6.79. The van der Waals surface area contributed by atoms with Crippen molar-refractivity contribution < 1.29 is 5.11 Å².